The van der Waals surface area contributed by atoms with E-state index in [1.165, 1.54) is 12.1 Å². The first-order chi connectivity index (χ1) is 10.1. The number of hydrogen-bond acceptors (Lipinski definition) is 4. The lowest BCUT2D eigenvalue weighted by molar-refractivity contribution is 0.0901. The van der Waals surface area contributed by atoms with Gasteiger partial charge in [0, 0.05) is 12.6 Å². The van der Waals surface area contributed by atoms with Crippen molar-refractivity contribution in [3.8, 4) is 11.3 Å². The third kappa shape index (κ3) is 3.88. The maximum Gasteiger partial charge on any atom is 0.273 e. The Morgan fingerprint density at radius 1 is 1.48 bits per heavy atom. The zero-order valence-corrected chi connectivity index (χ0v) is 11.7. The molecule has 1 aromatic heterocycles. The molecule has 0 radical (unpaired) electrons. The van der Waals surface area contributed by atoms with Gasteiger partial charge >= 0.3 is 0 Å². The molecule has 1 aromatic carbocycles. The third-order valence-corrected chi connectivity index (χ3v) is 3.00. The van der Waals surface area contributed by atoms with Gasteiger partial charge in [0.1, 0.15) is 5.82 Å². The van der Waals surface area contributed by atoms with E-state index in [-0.39, 0.29) is 23.6 Å². The van der Waals surface area contributed by atoms with Crippen LogP contribution < -0.4 is 5.32 Å². The van der Waals surface area contributed by atoms with Gasteiger partial charge in [-0.25, -0.2) is 4.39 Å². The van der Waals surface area contributed by atoms with Gasteiger partial charge in [-0.2, -0.15) is 0 Å². The predicted molar refractivity (Wildman–Crippen MR) is 75.1 cm³/mol. The van der Waals surface area contributed by atoms with Crippen LogP contribution in [-0.4, -0.2) is 28.8 Å². The molecule has 0 fully saturated rings. The minimum absolute atomic E-state index is 0.0527. The Bertz CT molecular complexity index is 612. The zero-order chi connectivity index (χ0) is 15.2. The molecule has 112 valence electrons. The van der Waals surface area contributed by atoms with Crippen molar-refractivity contribution in [3.05, 3.63) is 41.8 Å². The van der Waals surface area contributed by atoms with Crippen LogP contribution in [-0.2, 0) is 0 Å². The summed E-state index contributed by atoms with van der Waals surface area (Å²) in [6.45, 7) is 2.10. The minimum Gasteiger partial charge on any atom is -0.391 e. The van der Waals surface area contributed by atoms with Crippen LogP contribution in [0.5, 0.6) is 0 Å². The molecular weight excluding hydrogens is 275 g/mol. The number of carbonyl (C=O) groups excluding carboxylic acids is 1. The topological polar surface area (TPSA) is 75.4 Å². The summed E-state index contributed by atoms with van der Waals surface area (Å²) in [7, 11) is 0. The molecule has 1 unspecified atom stereocenters. The SMILES string of the molecule is CCCC(O)CNC(=O)c1cc(-c2ccccc2F)on1. The van der Waals surface area contributed by atoms with Crippen molar-refractivity contribution >= 4 is 5.91 Å². The Balaban J connectivity index is 2.03. The minimum atomic E-state index is -0.586. The molecule has 5 nitrogen and oxygen atoms in total. The standard InChI is InChI=1S/C15H17FN2O3/c1-2-5-10(19)9-17-15(20)13-8-14(21-18-13)11-6-3-4-7-12(11)16/h3-4,6-8,10,19H,2,5,9H2,1H3,(H,17,20). The van der Waals surface area contributed by atoms with Crippen molar-refractivity contribution in [1.82, 2.24) is 10.5 Å². The second kappa shape index (κ2) is 6.99. The molecule has 6 heteroatoms. The maximum absolute atomic E-state index is 13.6. The smallest absolute Gasteiger partial charge is 0.273 e. The molecule has 0 saturated carbocycles. The second-order valence-electron chi connectivity index (χ2n) is 4.71. The molecule has 1 heterocycles. The molecular formula is C15H17FN2O3. The Morgan fingerprint density at radius 2 is 2.24 bits per heavy atom. The van der Waals surface area contributed by atoms with Gasteiger partial charge in [0.15, 0.2) is 11.5 Å². The number of aliphatic hydroxyl groups is 1. The van der Waals surface area contributed by atoms with E-state index in [2.05, 4.69) is 10.5 Å². The van der Waals surface area contributed by atoms with Gasteiger partial charge in [-0.15, -0.1) is 0 Å². The fraction of sp³-hybridized carbons (Fsp3) is 0.333. The summed E-state index contributed by atoms with van der Waals surface area (Å²) in [5, 5.41) is 15.7. The van der Waals surface area contributed by atoms with Crippen molar-refractivity contribution in [2.24, 2.45) is 0 Å². The number of benzene rings is 1. The van der Waals surface area contributed by atoms with E-state index >= 15 is 0 Å². The lowest BCUT2D eigenvalue weighted by Crippen LogP contribution is -2.32. The van der Waals surface area contributed by atoms with E-state index in [0.29, 0.717) is 6.42 Å². The maximum atomic E-state index is 13.6. The van der Waals surface area contributed by atoms with Crippen LogP contribution in [0.25, 0.3) is 11.3 Å². The predicted octanol–water partition coefficient (Wildman–Crippen LogP) is 2.37. The molecule has 1 amide bonds. The average Bonchev–Trinajstić information content (AvgIpc) is 2.95. The molecule has 0 saturated heterocycles. The number of nitrogens with one attached hydrogen (secondary N) is 1. The molecule has 2 rings (SSSR count). The van der Waals surface area contributed by atoms with Gasteiger partial charge in [0.25, 0.3) is 5.91 Å². The van der Waals surface area contributed by atoms with Gasteiger partial charge in [0.2, 0.25) is 0 Å². The molecule has 21 heavy (non-hydrogen) atoms. The number of hydrogen-bond donors (Lipinski definition) is 2. The summed E-state index contributed by atoms with van der Waals surface area (Å²) in [6.07, 6.45) is 0.856. The third-order valence-electron chi connectivity index (χ3n) is 3.00. The van der Waals surface area contributed by atoms with Crippen LogP contribution in [0.2, 0.25) is 0 Å². The van der Waals surface area contributed by atoms with E-state index in [0.717, 1.165) is 6.42 Å². The fourth-order valence-corrected chi connectivity index (χ4v) is 1.91. The Labute approximate surface area is 121 Å². The van der Waals surface area contributed by atoms with Gasteiger partial charge < -0.3 is 14.9 Å². The number of carbonyl (C=O) groups is 1. The first-order valence-electron chi connectivity index (χ1n) is 6.79. The first kappa shape index (κ1) is 15.2. The fourth-order valence-electron chi connectivity index (χ4n) is 1.91. The summed E-state index contributed by atoms with van der Waals surface area (Å²) >= 11 is 0. The molecule has 0 aliphatic heterocycles. The Kier molecular flexibility index (Phi) is 5.05. The van der Waals surface area contributed by atoms with Crippen molar-refractivity contribution in [1.29, 1.82) is 0 Å². The molecule has 0 aliphatic carbocycles. The van der Waals surface area contributed by atoms with E-state index in [4.69, 9.17) is 4.52 Å². The highest BCUT2D eigenvalue weighted by Crippen LogP contribution is 2.23. The van der Waals surface area contributed by atoms with E-state index in [9.17, 15) is 14.3 Å². The summed E-state index contributed by atoms with van der Waals surface area (Å²) in [4.78, 5) is 11.8. The molecule has 0 aliphatic rings. The van der Waals surface area contributed by atoms with Crippen molar-refractivity contribution in [3.63, 3.8) is 0 Å². The van der Waals surface area contributed by atoms with Crippen LogP contribution in [0.1, 0.15) is 30.3 Å². The molecule has 2 aromatic rings. The summed E-state index contributed by atoms with van der Waals surface area (Å²) in [5.41, 5.74) is 0.298. The molecule has 1 atom stereocenters. The molecule has 0 bridgehead atoms. The highest BCUT2D eigenvalue weighted by atomic mass is 19.1. The normalized spacial score (nSPS) is 12.1. The average molecular weight is 292 g/mol. The van der Waals surface area contributed by atoms with Crippen molar-refractivity contribution in [2.45, 2.75) is 25.9 Å². The monoisotopic (exact) mass is 292 g/mol. The summed E-state index contributed by atoms with van der Waals surface area (Å²) < 4.78 is 18.6. The van der Waals surface area contributed by atoms with E-state index < -0.39 is 17.8 Å². The van der Waals surface area contributed by atoms with Gasteiger partial charge in [-0.1, -0.05) is 30.6 Å². The number of halogens is 1. The van der Waals surface area contributed by atoms with E-state index in [1.807, 2.05) is 6.92 Å². The first-order valence-corrected chi connectivity index (χ1v) is 6.79. The van der Waals surface area contributed by atoms with E-state index in [1.54, 1.807) is 18.2 Å². The van der Waals surface area contributed by atoms with Crippen molar-refractivity contribution < 1.29 is 18.8 Å². The van der Waals surface area contributed by atoms with Gasteiger partial charge in [-0.3, -0.25) is 4.79 Å². The number of aromatic nitrogens is 1. The van der Waals surface area contributed by atoms with Crippen LogP contribution in [0.4, 0.5) is 4.39 Å². The summed E-state index contributed by atoms with van der Waals surface area (Å²) in [6, 6.07) is 7.46. The largest absolute Gasteiger partial charge is 0.391 e. The highest BCUT2D eigenvalue weighted by molar-refractivity contribution is 5.93. The quantitative estimate of drug-likeness (QED) is 0.857. The molecule has 0 spiro atoms. The van der Waals surface area contributed by atoms with Gasteiger partial charge in [-0.05, 0) is 18.6 Å². The van der Waals surface area contributed by atoms with Crippen LogP contribution in [0, 0.1) is 5.82 Å². The Morgan fingerprint density at radius 3 is 2.95 bits per heavy atom. The van der Waals surface area contributed by atoms with Crippen LogP contribution in [0.15, 0.2) is 34.9 Å². The molecule has 2 N–H and O–H groups in total. The Hall–Kier alpha value is -2.21. The number of rotatable bonds is 6. The van der Waals surface area contributed by atoms with Gasteiger partial charge in [0.05, 0.1) is 11.7 Å². The lowest BCUT2D eigenvalue weighted by atomic mass is 10.1. The highest BCUT2D eigenvalue weighted by Gasteiger charge is 2.16. The summed E-state index contributed by atoms with van der Waals surface area (Å²) in [5.74, 6) is -0.720. The lowest BCUT2D eigenvalue weighted by Gasteiger charge is -2.09. The number of nitrogens with zero attached hydrogens (tertiary/aromatic N) is 1. The number of aliphatic hydroxyl groups excluding tert-OH is 1. The van der Waals surface area contributed by atoms with Crippen LogP contribution >= 0.6 is 0 Å². The second-order valence-corrected chi connectivity index (χ2v) is 4.71. The number of amides is 1. The van der Waals surface area contributed by atoms with Crippen molar-refractivity contribution in [2.75, 3.05) is 6.54 Å². The zero-order valence-electron chi connectivity index (χ0n) is 11.7. The van der Waals surface area contributed by atoms with Crippen LogP contribution in [0.3, 0.4) is 0 Å².